The smallest absolute Gasteiger partial charge is 0.323 e. The fraction of sp³-hybridized carbons (Fsp3) is 0.300. The van der Waals surface area contributed by atoms with Crippen molar-refractivity contribution < 1.29 is 24.7 Å². The first-order valence-corrected chi connectivity index (χ1v) is 5.19. The van der Waals surface area contributed by atoms with E-state index in [1.807, 2.05) is 0 Å². The zero-order chi connectivity index (χ0) is 14.4. The molecule has 0 fully saturated rings. The average molecular weight is 269 g/mol. The van der Waals surface area contributed by atoms with E-state index < -0.39 is 23.4 Å². The maximum atomic E-state index is 10.7. The summed E-state index contributed by atoms with van der Waals surface area (Å²) in [5.41, 5.74) is -0.225. The SMILES string of the molecule is O=C(O)CCN(CC(=O)O)c1ccc([N+](=O)[O-])cn1. The molecule has 1 heterocycles. The van der Waals surface area contributed by atoms with Gasteiger partial charge in [0.1, 0.15) is 18.6 Å². The minimum absolute atomic E-state index is 0.0492. The quantitative estimate of drug-likeness (QED) is 0.535. The van der Waals surface area contributed by atoms with Crippen LogP contribution in [-0.4, -0.2) is 45.1 Å². The molecule has 0 spiro atoms. The number of carboxylic acid groups (broad SMARTS) is 2. The second-order valence-electron chi connectivity index (χ2n) is 3.59. The molecule has 0 aliphatic carbocycles. The van der Waals surface area contributed by atoms with Crippen molar-refractivity contribution in [1.29, 1.82) is 0 Å². The Morgan fingerprint density at radius 1 is 1.32 bits per heavy atom. The van der Waals surface area contributed by atoms with Crippen molar-refractivity contribution in [3.63, 3.8) is 0 Å². The van der Waals surface area contributed by atoms with Gasteiger partial charge in [-0.2, -0.15) is 0 Å². The Morgan fingerprint density at radius 3 is 2.42 bits per heavy atom. The molecule has 0 bridgehead atoms. The summed E-state index contributed by atoms with van der Waals surface area (Å²) in [6.07, 6.45) is 0.733. The van der Waals surface area contributed by atoms with Gasteiger partial charge in [0.2, 0.25) is 0 Å². The molecule has 9 heteroatoms. The van der Waals surface area contributed by atoms with Crippen molar-refractivity contribution in [2.24, 2.45) is 0 Å². The van der Waals surface area contributed by atoms with E-state index in [-0.39, 0.29) is 24.5 Å². The number of nitrogens with zero attached hydrogens (tertiary/aromatic N) is 3. The Labute approximate surface area is 107 Å². The van der Waals surface area contributed by atoms with E-state index in [9.17, 15) is 19.7 Å². The normalized spacial score (nSPS) is 9.89. The molecule has 0 unspecified atom stereocenters. The lowest BCUT2D eigenvalue weighted by atomic mass is 10.3. The molecule has 102 valence electrons. The number of carbonyl (C=O) groups is 2. The molecule has 0 aliphatic heterocycles. The molecular formula is C10H11N3O6. The van der Waals surface area contributed by atoms with E-state index in [1.165, 1.54) is 17.0 Å². The van der Waals surface area contributed by atoms with Gasteiger partial charge in [0.25, 0.3) is 5.69 Å². The molecule has 9 nitrogen and oxygen atoms in total. The molecule has 0 amide bonds. The van der Waals surface area contributed by atoms with E-state index in [0.29, 0.717) is 0 Å². The molecule has 0 radical (unpaired) electrons. The monoisotopic (exact) mass is 269 g/mol. The molecule has 2 N–H and O–H groups in total. The van der Waals surface area contributed by atoms with Crippen LogP contribution in [-0.2, 0) is 9.59 Å². The van der Waals surface area contributed by atoms with Gasteiger partial charge in [-0.05, 0) is 6.07 Å². The number of pyridine rings is 1. The average Bonchev–Trinajstić information content (AvgIpc) is 2.34. The Balaban J connectivity index is 2.86. The zero-order valence-corrected chi connectivity index (χ0v) is 9.72. The summed E-state index contributed by atoms with van der Waals surface area (Å²) < 4.78 is 0. The number of aliphatic carboxylic acids is 2. The highest BCUT2D eigenvalue weighted by Gasteiger charge is 2.15. The molecular weight excluding hydrogens is 258 g/mol. The minimum atomic E-state index is -1.15. The Bertz CT molecular complexity index is 487. The summed E-state index contributed by atoms with van der Waals surface area (Å²) in [4.78, 5) is 36.0. The van der Waals surface area contributed by atoms with Crippen LogP contribution >= 0.6 is 0 Å². The van der Waals surface area contributed by atoms with E-state index in [0.717, 1.165) is 6.20 Å². The van der Waals surface area contributed by atoms with Crippen molar-refractivity contribution >= 4 is 23.4 Å². The number of nitro groups is 1. The van der Waals surface area contributed by atoms with Gasteiger partial charge >= 0.3 is 11.9 Å². The number of aromatic nitrogens is 1. The topological polar surface area (TPSA) is 134 Å². The number of hydrogen-bond donors (Lipinski definition) is 2. The summed E-state index contributed by atoms with van der Waals surface area (Å²) >= 11 is 0. The van der Waals surface area contributed by atoms with E-state index in [4.69, 9.17) is 10.2 Å². The summed E-state index contributed by atoms with van der Waals surface area (Å²) in [5, 5.41) is 27.8. The molecule has 0 atom stereocenters. The van der Waals surface area contributed by atoms with Crippen LogP contribution in [0.1, 0.15) is 6.42 Å². The largest absolute Gasteiger partial charge is 0.481 e. The highest BCUT2D eigenvalue weighted by Crippen LogP contribution is 2.15. The third-order valence-corrected chi connectivity index (χ3v) is 2.19. The summed E-state index contributed by atoms with van der Waals surface area (Å²) in [7, 11) is 0. The van der Waals surface area contributed by atoms with Gasteiger partial charge in [-0.15, -0.1) is 0 Å². The van der Waals surface area contributed by atoms with Crippen LogP contribution in [0.25, 0.3) is 0 Å². The van der Waals surface area contributed by atoms with Crippen LogP contribution in [0.15, 0.2) is 18.3 Å². The van der Waals surface area contributed by atoms with Crippen molar-refractivity contribution in [1.82, 2.24) is 4.98 Å². The standard InChI is InChI=1S/C10H11N3O6/c14-9(15)3-4-12(6-10(16)17)8-2-1-7(5-11-8)13(18)19/h1-2,5H,3-4,6H2,(H,14,15)(H,16,17). The van der Waals surface area contributed by atoms with Crippen LogP contribution in [0.3, 0.4) is 0 Å². The predicted octanol–water partition coefficient (Wildman–Crippen LogP) is 0.355. The molecule has 1 aromatic heterocycles. The molecule has 0 saturated carbocycles. The summed E-state index contributed by atoms with van der Waals surface area (Å²) in [6.45, 7) is -0.482. The van der Waals surface area contributed by atoms with E-state index >= 15 is 0 Å². The highest BCUT2D eigenvalue weighted by atomic mass is 16.6. The van der Waals surface area contributed by atoms with Gasteiger partial charge in [0.05, 0.1) is 11.3 Å². The highest BCUT2D eigenvalue weighted by molar-refractivity contribution is 5.74. The molecule has 0 saturated heterocycles. The number of hydrogen-bond acceptors (Lipinski definition) is 6. The van der Waals surface area contributed by atoms with Gasteiger partial charge in [-0.25, -0.2) is 4.98 Å². The third kappa shape index (κ3) is 4.58. The first kappa shape index (κ1) is 14.4. The first-order chi connectivity index (χ1) is 8.90. The Morgan fingerprint density at radius 2 is 2.00 bits per heavy atom. The molecule has 1 rings (SSSR count). The van der Waals surface area contributed by atoms with E-state index in [1.54, 1.807) is 0 Å². The lowest BCUT2D eigenvalue weighted by molar-refractivity contribution is -0.385. The van der Waals surface area contributed by atoms with Crippen LogP contribution < -0.4 is 4.90 Å². The van der Waals surface area contributed by atoms with Crippen LogP contribution in [0, 0.1) is 10.1 Å². The maximum absolute atomic E-state index is 10.7. The zero-order valence-electron chi connectivity index (χ0n) is 9.72. The van der Waals surface area contributed by atoms with Crippen molar-refractivity contribution in [3.05, 3.63) is 28.4 Å². The van der Waals surface area contributed by atoms with Crippen LogP contribution in [0.5, 0.6) is 0 Å². The lowest BCUT2D eigenvalue weighted by Gasteiger charge is -2.20. The fourth-order valence-electron chi connectivity index (χ4n) is 1.34. The fourth-order valence-corrected chi connectivity index (χ4v) is 1.34. The molecule has 19 heavy (non-hydrogen) atoms. The summed E-state index contributed by atoms with van der Waals surface area (Å²) in [6, 6.07) is 2.46. The molecule has 1 aromatic rings. The lowest BCUT2D eigenvalue weighted by Crippen LogP contribution is -2.32. The Kier molecular flexibility index (Phi) is 4.75. The molecule has 0 aromatic carbocycles. The van der Waals surface area contributed by atoms with Gasteiger partial charge in [0, 0.05) is 12.6 Å². The predicted molar refractivity (Wildman–Crippen MR) is 63.0 cm³/mol. The first-order valence-electron chi connectivity index (χ1n) is 5.19. The second-order valence-corrected chi connectivity index (χ2v) is 3.59. The Hall–Kier alpha value is -2.71. The minimum Gasteiger partial charge on any atom is -0.481 e. The second kappa shape index (κ2) is 6.28. The summed E-state index contributed by atoms with van der Waals surface area (Å²) in [5.74, 6) is -2.04. The maximum Gasteiger partial charge on any atom is 0.323 e. The van der Waals surface area contributed by atoms with Crippen molar-refractivity contribution in [2.45, 2.75) is 6.42 Å². The molecule has 0 aliphatic rings. The van der Waals surface area contributed by atoms with Gasteiger partial charge in [0.15, 0.2) is 0 Å². The van der Waals surface area contributed by atoms with Crippen LogP contribution in [0.2, 0.25) is 0 Å². The van der Waals surface area contributed by atoms with Gasteiger partial charge in [-0.3, -0.25) is 19.7 Å². The number of rotatable bonds is 7. The number of carboxylic acids is 2. The number of anilines is 1. The third-order valence-electron chi connectivity index (χ3n) is 2.19. The van der Waals surface area contributed by atoms with Crippen LogP contribution in [0.4, 0.5) is 11.5 Å². The van der Waals surface area contributed by atoms with Gasteiger partial charge < -0.3 is 15.1 Å². The van der Waals surface area contributed by atoms with Gasteiger partial charge in [-0.1, -0.05) is 0 Å². The van der Waals surface area contributed by atoms with Crippen molar-refractivity contribution in [2.75, 3.05) is 18.0 Å². The van der Waals surface area contributed by atoms with Crippen molar-refractivity contribution in [3.8, 4) is 0 Å². The van der Waals surface area contributed by atoms with E-state index in [2.05, 4.69) is 4.98 Å².